The summed E-state index contributed by atoms with van der Waals surface area (Å²) in [5, 5.41) is 8.70. The van der Waals surface area contributed by atoms with Crippen molar-refractivity contribution in [2.24, 2.45) is 5.41 Å². The van der Waals surface area contributed by atoms with E-state index in [9.17, 15) is 4.79 Å². The molecule has 1 unspecified atom stereocenters. The maximum absolute atomic E-state index is 11.4. The average Bonchev–Trinajstić information content (AvgIpc) is 2.43. The lowest BCUT2D eigenvalue weighted by atomic mass is 9.52. The Hall–Kier alpha value is -1.46. The van der Waals surface area contributed by atoms with Crippen molar-refractivity contribution in [3.63, 3.8) is 0 Å². The minimum Gasteiger partial charge on any atom is -0.294 e. The Morgan fingerprint density at radius 2 is 2.29 bits per heavy atom. The van der Waals surface area contributed by atoms with Crippen molar-refractivity contribution in [2.75, 3.05) is 6.54 Å². The van der Waals surface area contributed by atoms with E-state index in [-0.39, 0.29) is 0 Å². The number of aromatic nitrogens is 1. The number of fused-ring (bicyclic) bond motifs is 1. The summed E-state index contributed by atoms with van der Waals surface area (Å²) < 4.78 is 0. The number of nitrogens with zero attached hydrogens (tertiary/aromatic N) is 2. The number of carbonyl (C=O) groups excluding carboxylic acids is 1. The molecule has 21 heavy (non-hydrogen) atoms. The molecule has 2 heterocycles. The number of hydrogen-bond acceptors (Lipinski definition) is 4. The zero-order valence-electron chi connectivity index (χ0n) is 12.1. The summed E-state index contributed by atoms with van der Waals surface area (Å²) in [5.74, 6) is -0.486. The van der Waals surface area contributed by atoms with Gasteiger partial charge in [-0.1, -0.05) is 6.42 Å². The van der Waals surface area contributed by atoms with Gasteiger partial charge in [0, 0.05) is 25.3 Å². The number of nitrogens with one attached hydrogen (secondary N) is 1. The van der Waals surface area contributed by atoms with E-state index in [0.29, 0.717) is 11.0 Å². The molecule has 0 saturated heterocycles. The standard InChI is InChI=1S/C16H21N3O2/c20-15(18-21)12-8-11-3-7-19(10-13(11)17-9-12)14-2-6-16(14)4-1-5-16/h8-9,14,21H,1-7,10H2,(H,18,20). The molecule has 1 aliphatic heterocycles. The fourth-order valence-corrected chi connectivity index (χ4v) is 4.35. The summed E-state index contributed by atoms with van der Waals surface area (Å²) >= 11 is 0. The zero-order valence-corrected chi connectivity index (χ0v) is 12.1. The SMILES string of the molecule is O=C(NO)c1cnc2c(c1)CCN(C1CCC13CCC3)C2. The molecule has 2 aliphatic carbocycles. The molecule has 0 bridgehead atoms. The van der Waals surface area contributed by atoms with Gasteiger partial charge in [-0.05, 0) is 49.1 Å². The summed E-state index contributed by atoms with van der Waals surface area (Å²) in [6.07, 6.45) is 9.46. The largest absolute Gasteiger partial charge is 0.294 e. The van der Waals surface area contributed by atoms with Gasteiger partial charge in [0.25, 0.3) is 5.91 Å². The molecule has 2 saturated carbocycles. The van der Waals surface area contributed by atoms with Crippen LogP contribution < -0.4 is 5.48 Å². The van der Waals surface area contributed by atoms with Gasteiger partial charge in [-0.3, -0.25) is 19.9 Å². The van der Waals surface area contributed by atoms with E-state index >= 15 is 0 Å². The monoisotopic (exact) mass is 287 g/mol. The molecule has 1 atom stereocenters. The lowest BCUT2D eigenvalue weighted by Gasteiger charge is -2.60. The van der Waals surface area contributed by atoms with Gasteiger partial charge >= 0.3 is 0 Å². The molecule has 1 amide bonds. The van der Waals surface area contributed by atoms with Crippen LogP contribution in [0.25, 0.3) is 0 Å². The molecule has 1 aromatic rings. The highest BCUT2D eigenvalue weighted by molar-refractivity contribution is 5.93. The van der Waals surface area contributed by atoms with Crippen molar-refractivity contribution in [3.8, 4) is 0 Å². The third-order valence-corrected chi connectivity index (χ3v) is 5.86. The molecule has 112 valence electrons. The van der Waals surface area contributed by atoms with Crippen LogP contribution in [0.15, 0.2) is 12.3 Å². The first-order chi connectivity index (χ1) is 10.2. The summed E-state index contributed by atoms with van der Waals surface area (Å²) in [7, 11) is 0. The summed E-state index contributed by atoms with van der Waals surface area (Å²) in [4.78, 5) is 18.5. The fourth-order valence-electron chi connectivity index (χ4n) is 4.35. The number of carbonyl (C=O) groups is 1. The van der Waals surface area contributed by atoms with Crippen molar-refractivity contribution in [1.82, 2.24) is 15.4 Å². The van der Waals surface area contributed by atoms with Crippen molar-refractivity contribution < 1.29 is 10.0 Å². The third-order valence-electron chi connectivity index (χ3n) is 5.86. The second-order valence-electron chi connectivity index (χ2n) is 6.76. The molecule has 0 aromatic carbocycles. The Kier molecular flexibility index (Phi) is 3.01. The average molecular weight is 287 g/mol. The fraction of sp³-hybridized carbons (Fsp3) is 0.625. The van der Waals surface area contributed by atoms with Gasteiger partial charge in [0.15, 0.2) is 0 Å². The maximum Gasteiger partial charge on any atom is 0.276 e. The minimum atomic E-state index is -0.486. The predicted molar refractivity (Wildman–Crippen MR) is 76.9 cm³/mol. The second kappa shape index (κ2) is 4.78. The number of hydroxylamine groups is 1. The van der Waals surface area contributed by atoms with E-state index in [1.807, 2.05) is 6.07 Å². The molecule has 1 aromatic heterocycles. The maximum atomic E-state index is 11.4. The van der Waals surface area contributed by atoms with Crippen LogP contribution in [0.1, 0.15) is 53.7 Å². The van der Waals surface area contributed by atoms with E-state index in [4.69, 9.17) is 5.21 Å². The van der Waals surface area contributed by atoms with Crippen LogP contribution in [0.5, 0.6) is 0 Å². The number of pyridine rings is 1. The summed E-state index contributed by atoms with van der Waals surface area (Å²) in [6, 6.07) is 2.62. The molecular weight excluding hydrogens is 266 g/mol. The zero-order chi connectivity index (χ0) is 14.4. The van der Waals surface area contributed by atoms with E-state index in [0.717, 1.165) is 36.8 Å². The van der Waals surface area contributed by atoms with Crippen LogP contribution in [0, 0.1) is 5.41 Å². The Labute approximate surface area is 124 Å². The Balaban J connectivity index is 1.52. The predicted octanol–water partition coefficient (Wildman–Crippen LogP) is 1.89. The van der Waals surface area contributed by atoms with Crippen LogP contribution >= 0.6 is 0 Å². The molecular formula is C16H21N3O2. The van der Waals surface area contributed by atoms with Gasteiger partial charge in [-0.25, -0.2) is 5.48 Å². The van der Waals surface area contributed by atoms with E-state index < -0.39 is 5.91 Å². The van der Waals surface area contributed by atoms with E-state index in [1.54, 1.807) is 11.7 Å². The number of rotatable bonds is 2. The molecule has 4 rings (SSSR count). The molecule has 3 aliphatic rings. The summed E-state index contributed by atoms with van der Waals surface area (Å²) in [5.41, 5.74) is 4.98. The van der Waals surface area contributed by atoms with Gasteiger partial charge < -0.3 is 0 Å². The van der Waals surface area contributed by atoms with E-state index in [2.05, 4.69) is 9.88 Å². The first kappa shape index (κ1) is 13.2. The highest BCUT2D eigenvalue weighted by Crippen LogP contribution is 2.58. The molecule has 5 nitrogen and oxygen atoms in total. The highest BCUT2D eigenvalue weighted by Gasteiger charge is 2.52. The lowest BCUT2D eigenvalue weighted by Crippen LogP contribution is -2.59. The van der Waals surface area contributed by atoms with Crippen LogP contribution in [0.3, 0.4) is 0 Å². The smallest absolute Gasteiger partial charge is 0.276 e. The number of hydrogen-bond donors (Lipinski definition) is 2. The first-order valence-electron chi connectivity index (χ1n) is 7.88. The molecule has 2 N–H and O–H groups in total. The quantitative estimate of drug-likeness (QED) is 0.644. The molecule has 2 fully saturated rings. The molecule has 5 heteroatoms. The van der Waals surface area contributed by atoms with Crippen LogP contribution in [-0.2, 0) is 13.0 Å². The van der Waals surface area contributed by atoms with Crippen molar-refractivity contribution in [2.45, 2.75) is 51.1 Å². The van der Waals surface area contributed by atoms with Crippen LogP contribution in [-0.4, -0.2) is 33.6 Å². The molecule has 1 spiro atoms. The number of amides is 1. The topological polar surface area (TPSA) is 65.5 Å². The Morgan fingerprint density at radius 3 is 2.90 bits per heavy atom. The normalized spacial score (nSPS) is 26.6. The van der Waals surface area contributed by atoms with Crippen molar-refractivity contribution >= 4 is 5.91 Å². The second-order valence-corrected chi connectivity index (χ2v) is 6.76. The van der Waals surface area contributed by atoms with Gasteiger partial charge in [0.2, 0.25) is 0 Å². The van der Waals surface area contributed by atoms with Crippen LogP contribution in [0.2, 0.25) is 0 Å². The Bertz CT molecular complexity index is 577. The first-order valence-corrected chi connectivity index (χ1v) is 7.88. The van der Waals surface area contributed by atoms with Crippen molar-refractivity contribution in [3.05, 3.63) is 29.1 Å². The summed E-state index contributed by atoms with van der Waals surface area (Å²) in [6.45, 7) is 1.97. The lowest BCUT2D eigenvalue weighted by molar-refractivity contribution is -0.0883. The minimum absolute atomic E-state index is 0.434. The van der Waals surface area contributed by atoms with Crippen molar-refractivity contribution in [1.29, 1.82) is 0 Å². The van der Waals surface area contributed by atoms with Gasteiger partial charge in [-0.15, -0.1) is 0 Å². The highest BCUT2D eigenvalue weighted by atomic mass is 16.5. The third kappa shape index (κ3) is 1.99. The van der Waals surface area contributed by atoms with E-state index in [1.165, 1.54) is 32.1 Å². The van der Waals surface area contributed by atoms with Crippen LogP contribution in [0.4, 0.5) is 0 Å². The molecule has 0 radical (unpaired) electrons. The van der Waals surface area contributed by atoms with Gasteiger partial charge in [0.1, 0.15) is 0 Å². The Morgan fingerprint density at radius 1 is 1.43 bits per heavy atom. The van der Waals surface area contributed by atoms with Gasteiger partial charge in [0.05, 0.1) is 11.3 Å². The van der Waals surface area contributed by atoms with Gasteiger partial charge in [-0.2, -0.15) is 0 Å².